The summed E-state index contributed by atoms with van der Waals surface area (Å²) in [4.78, 5) is 17.8. The molecule has 3 aromatic heterocycles. The maximum Gasteiger partial charge on any atom is 0.283 e. The van der Waals surface area contributed by atoms with Gasteiger partial charge in [0.15, 0.2) is 16.8 Å². The summed E-state index contributed by atoms with van der Waals surface area (Å²) in [5.41, 5.74) is 3.05. The third kappa shape index (κ3) is 2.53. The lowest BCUT2D eigenvalue weighted by Gasteiger charge is -2.34. The molecule has 3 unspecified atom stereocenters. The van der Waals surface area contributed by atoms with Crippen LogP contribution in [0, 0.1) is 11.8 Å². The highest BCUT2D eigenvalue weighted by atomic mass is 16.1. The molecule has 0 radical (unpaired) electrons. The second-order valence-electron chi connectivity index (χ2n) is 7.82. The summed E-state index contributed by atoms with van der Waals surface area (Å²) in [6, 6.07) is 10.1. The molecule has 1 aromatic carbocycles. The summed E-state index contributed by atoms with van der Waals surface area (Å²) in [5.74, 6) is 1.02. The maximum atomic E-state index is 13.2. The molecule has 1 aliphatic carbocycles. The van der Waals surface area contributed by atoms with Crippen LogP contribution in [0.1, 0.15) is 39.2 Å². The number of aromatic nitrogens is 6. The molecule has 142 valence electrons. The Bertz CT molecular complexity index is 1210. The van der Waals surface area contributed by atoms with E-state index in [1.54, 1.807) is 21.6 Å². The highest BCUT2D eigenvalue weighted by molar-refractivity contribution is 5.80. The number of nitrogens with zero attached hydrogens (tertiary/aromatic N) is 6. The van der Waals surface area contributed by atoms with E-state index in [9.17, 15) is 4.79 Å². The monoisotopic (exact) mass is 374 g/mol. The Morgan fingerprint density at radius 1 is 1.04 bits per heavy atom. The normalized spacial score (nSPS) is 22.7. The van der Waals surface area contributed by atoms with Crippen LogP contribution in [0.4, 0.5) is 0 Å². The third-order valence-electron chi connectivity index (χ3n) is 6.25. The van der Waals surface area contributed by atoms with E-state index in [4.69, 9.17) is 0 Å². The topological polar surface area (TPSA) is 78.0 Å². The highest BCUT2D eigenvalue weighted by Gasteiger charge is 2.30. The van der Waals surface area contributed by atoms with Gasteiger partial charge >= 0.3 is 0 Å². The molecule has 7 heteroatoms. The molecule has 1 fully saturated rings. The molecular formula is C21H22N6O. The lowest BCUT2D eigenvalue weighted by Crippen LogP contribution is -2.34. The molecule has 0 aliphatic heterocycles. The molecule has 0 spiro atoms. The molecule has 28 heavy (non-hydrogen) atoms. The van der Waals surface area contributed by atoms with E-state index >= 15 is 0 Å². The summed E-state index contributed by atoms with van der Waals surface area (Å²) >= 11 is 0. The van der Waals surface area contributed by atoms with Crippen LogP contribution in [-0.2, 0) is 0 Å². The van der Waals surface area contributed by atoms with Gasteiger partial charge in [-0.1, -0.05) is 57.0 Å². The van der Waals surface area contributed by atoms with Crippen LogP contribution in [0.5, 0.6) is 0 Å². The lowest BCUT2D eigenvalue weighted by molar-refractivity contribution is 0.182. The molecule has 0 amide bonds. The van der Waals surface area contributed by atoms with Gasteiger partial charge in [-0.05, 0) is 23.8 Å². The predicted molar refractivity (Wildman–Crippen MR) is 107 cm³/mol. The van der Waals surface area contributed by atoms with Crippen molar-refractivity contribution in [3.63, 3.8) is 0 Å². The average Bonchev–Trinajstić information content (AvgIpc) is 3.16. The minimum Gasteiger partial charge on any atom is -0.294 e. The molecule has 0 N–H and O–H groups in total. The summed E-state index contributed by atoms with van der Waals surface area (Å²) in [6.45, 7) is 4.48. The first-order chi connectivity index (χ1) is 13.6. The van der Waals surface area contributed by atoms with Gasteiger partial charge in [-0.3, -0.25) is 9.36 Å². The van der Waals surface area contributed by atoms with Gasteiger partial charge in [0, 0.05) is 11.6 Å². The zero-order valence-electron chi connectivity index (χ0n) is 16.0. The molecule has 3 heterocycles. The van der Waals surface area contributed by atoms with E-state index in [0.29, 0.717) is 23.1 Å². The van der Waals surface area contributed by atoms with Crippen molar-refractivity contribution in [1.82, 2.24) is 29.4 Å². The van der Waals surface area contributed by atoms with E-state index in [1.807, 2.05) is 30.3 Å². The first-order valence-corrected chi connectivity index (χ1v) is 9.82. The van der Waals surface area contributed by atoms with Crippen LogP contribution < -0.4 is 5.56 Å². The highest BCUT2D eigenvalue weighted by Crippen LogP contribution is 2.36. The molecular weight excluding hydrogens is 352 g/mol. The van der Waals surface area contributed by atoms with Crippen LogP contribution in [-0.4, -0.2) is 29.4 Å². The zero-order valence-corrected chi connectivity index (χ0v) is 16.0. The Morgan fingerprint density at radius 3 is 2.68 bits per heavy atom. The Morgan fingerprint density at radius 2 is 1.86 bits per heavy atom. The summed E-state index contributed by atoms with van der Waals surface area (Å²) in [7, 11) is 0. The van der Waals surface area contributed by atoms with E-state index in [2.05, 4.69) is 34.1 Å². The number of fused-ring (bicyclic) bond motifs is 3. The second-order valence-corrected chi connectivity index (χ2v) is 7.82. The van der Waals surface area contributed by atoms with Crippen molar-refractivity contribution in [3.05, 3.63) is 53.2 Å². The van der Waals surface area contributed by atoms with E-state index < -0.39 is 0 Å². The molecule has 4 aromatic rings. The van der Waals surface area contributed by atoms with Crippen molar-refractivity contribution in [1.29, 1.82) is 0 Å². The van der Waals surface area contributed by atoms with E-state index in [-0.39, 0.29) is 17.1 Å². The van der Waals surface area contributed by atoms with Crippen LogP contribution in [0.3, 0.4) is 0 Å². The minimum absolute atomic E-state index is 0.137. The maximum absolute atomic E-state index is 13.2. The zero-order chi connectivity index (χ0) is 19.3. The van der Waals surface area contributed by atoms with Crippen LogP contribution in [0.15, 0.2) is 47.7 Å². The minimum atomic E-state index is -0.137. The first kappa shape index (κ1) is 17.0. The van der Waals surface area contributed by atoms with Gasteiger partial charge < -0.3 is 0 Å². The Kier molecular flexibility index (Phi) is 3.96. The number of hydrogen-bond acceptors (Lipinski definition) is 5. The fraction of sp³-hybridized carbons (Fsp3) is 0.381. The SMILES string of the molecule is CC1CCCC(n2cnc3c(nnc4c(-c5ccccc5)cnn43)c2=O)C1C. The van der Waals surface area contributed by atoms with E-state index in [0.717, 1.165) is 24.0 Å². The molecule has 1 saturated carbocycles. The molecule has 3 atom stereocenters. The number of rotatable bonds is 2. The van der Waals surface area contributed by atoms with Crippen molar-refractivity contribution in [2.45, 2.75) is 39.2 Å². The predicted octanol–water partition coefficient (Wildman–Crippen LogP) is 3.50. The van der Waals surface area contributed by atoms with Crippen LogP contribution in [0.2, 0.25) is 0 Å². The quantitative estimate of drug-likeness (QED) is 0.537. The Hall–Kier alpha value is -3.09. The van der Waals surface area contributed by atoms with Crippen LogP contribution in [0.25, 0.3) is 27.9 Å². The van der Waals surface area contributed by atoms with Crippen LogP contribution >= 0.6 is 0 Å². The molecule has 5 rings (SSSR count). The van der Waals surface area contributed by atoms with Crippen molar-refractivity contribution in [2.75, 3.05) is 0 Å². The number of benzene rings is 1. The molecule has 7 nitrogen and oxygen atoms in total. The van der Waals surface area contributed by atoms with Crippen molar-refractivity contribution >= 4 is 16.8 Å². The Balaban J connectivity index is 1.67. The summed E-state index contributed by atoms with van der Waals surface area (Å²) in [6.07, 6.45) is 6.74. The molecule has 1 aliphatic rings. The van der Waals surface area contributed by atoms with Crippen molar-refractivity contribution < 1.29 is 0 Å². The summed E-state index contributed by atoms with van der Waals surface area (Å²) in [5, 5.41) is 13.0. The number of hydrogen-bond donors (Lipinski definition) is 0. The smallest absolute Gasteiger partial charge is 0.283 e. The van der Waals surface area contributed by atoms with E-state index in [1.165, 1.54) is 6.42 Å². The van der Waals surface area contributed by atoms with Gasteiger partial charge in [-0.15, -0.1) is 10.2 Å². The fourth-order valence-electron chi connectivity index (χ4n) is 4.39. The lowest BCUT2D eigenvalue weighted by atomic mass is 9.78. The van der Waals surface area contributed by atoms with Gasteiger partial charge in [-0.2, -0.15) is 9.61 Å². The Labute approximate surface area is 162 Å². The van der Waals surface area contributed by atoms with Crippen molar-refractivity contribution in [3.8, 4) is 11.1 Å². The third-order valence-corrected chi connectivity index (χ3v) is 6.25. The largest absolute Gasteiger partial charge is 0.294 e. The standard InChI is InChI=1S/C21H22N6O/c1-13-7-6-10-17(14(13)2)26-12-22-20-18(21(26)28)24-25-19-16(11-23-27(19)20)15-8-4-3-5-9-15/h3-5,8-9,11-14,17H,6-7,10H2,1-2H3. The fourth-order valence-corrected chi connectivity index (χ4v) is 4.39. The van der Waals surface area contributed by atoms with Crippen molar-refractivity contribution in [2.24, 2.45) is 11.8 Å². The van der Waals surface area contributed by atoms with Gasteiger partial charge in [0.25, 0.3) is 5.56 Å². The van der Waals surface area contributed by atoms with Gasteiger partial charge in [0.2, 0.25) is 0 Å². The van der Waals surface area contributed by atoms with Gasteiger partial charge in [-0.25, -0.2) is 4.98 Å². The first-order valence-electron chi connectivity index (χ1n) is 9.82. The summed E-state index contributed by atoms with van der Waals surface area (Å²) < 4.78 is 3.37. The molecule has 0 bridgehead atoms. The van der Waals surface area contributed by atoms with Gasteiger partial charge in [0.1, 0.15) is 6.33 Å². The average molecular weight is 374 g/mol. The second kappa shape index (κ2) is 6.51. The molecule has 0 saturated heterocycles. The van der Waals surface area contributed by atoms with Gasteiger partial charge in [0.05, 0.1) is 6.20 Å².